The Morgan fingerprint density at radius 2 is 1.90 bits per heavy atom. The molecule has 2 rings (SSSR count). The van der Waals surface area contributed by atoms with E-state index in [0.29, 0.717) is 18.4 Å². The fraction of sp³-hybridized carbons (Fsp3) is 0.538. The first-order chi connectivity index (χ1) is 9.63. The van der Waals surface area contributed by atoms with Crippen molar-refractivity contribution in [1.29, 1.82) is 0 Å². The molecule has 0 aliphatic carbocycles. The highest BCUT2D eigenvalue weighted by Gasteiger charge is 2.34. The second kappa shape index (κ2) is 5.36. The molecule has 1 heterocycles. The average molecular weight is 314 g/mol. The Kier molecular flexibility index (Phi) is 4.05. The Labute approximate surface area is 123 Å². The van der Waals surface area contributed by atoms with E-state index in [9.17, 15) is 23.6 Å². The summed E-state index contributed by atoms with van der Waals surface area (Å²) in [6, 6.07) is 3.72. The van der Waals surface area contributed by atoms with Crippen LogP contribution >= 0.6 is 0 Å². The molecule has 0 unspecified atom stereocenters. The summed E-state index contributed by atoms with van der Waals surface area (Å²) in [6.45, 7) is 3.71. The third-order valence-electron chi connectivity index (χ3n) is 3.79. The van der Waals surface area contributed by atoms with Gasteiger partial charge >= 0.3 is 0 Å². The Hall–Kier alpha value is -1.51. The van der Waals surface area contributed by atoms with E-state index in [2.05, 4.69) is 0 Å². The molecule has 21 heavy (non-hydrogen) atoms. The van der Waals surface area contributed by atoms with Gasteiger partial charge in [0.25, 0.3) is 5.69 Å². The Morgan fingerprint density at radius 3 is 2.38 bits per heavy atom. The number of non-ortho nitro benzene ring substituents is 1. The Balaban J connectivity index is 2.30. The van der Waals surface area contributed by atoms with Crippen LogP contribution in [0.3, 0.4) is 0 Å². The zero-order valence-electron chi connectivity index (χ0n) is 11.9. The van der Waals surface area contributed by atoms with Gasteiger partial charge in [0.15, 0.2) is 0 Å². The summed E-state index contributed by atoms with van der Waals surface area (Å²) in [4.78, 5) is 10.2. The van der Waals surface area contributed by atoms with Crippen molar-refractivity contribution >= 4 is 15.7 Å². The predicted octanol–water partition coefficient (Wildman–Crippen LogP) is 1.44. The number of rotatable bonds is 3. The highest BCUT2D eigenvalue weighted by Crippen LogP contribution is 2.28. The van der Waals surface area contributed by atoms with E-state index in [1.807, 2.05) is 0 Å². The van der Waals surface area contributed by atoms with Gasteiger partial charge in [-0.05, 0) is 38.3 Å². The molecule has 1 aliphatic heterocycles. The van der Waals surface area contributed by atoms with E-state index in [4.69, 9.17) is 0 Å². The third kappa shape index (κ3) is 3.22. The molecular weight excluding hydrogens is 296 g/mol. The summed E-state index contributed by atoms with van der Waals surface area (Å²) in [5.74, 6) is 0. The van der Waals surface area contributed by atoms with Crippen molar-refractivity contribution in [3.63, 3.8) is 0 Å². The quantitative estimate of drug-likeness (QED) is 0.672. The van der Waals surface area contributed by atoms with E-state index in [1.165, 1.54) is 22.5 Å². The summed E-state index contributed by atoms with van der Waals surface area (Å²) in [6.07, 6.45) is 0.747. The number of benzene rings is 1. The maximum absolute atomic E-state index is 12.6. The molecule has 0 spiro atoms. The minimum Gasteiger partial charge on any atom is -0.390 e. The van der Waals surface area contributed by atoms with Gasteiger partial charge in [0, 0.05) is 25.2 Å². The molecule has 0 atom stereocenters. The Morgan fingerprint density at radius 1 is 1.33 bits per heavy atom. The van der Waals surface area contributed by atoms with E-state index in [0.717, 1.165) is 0 Å². The van der Waals surface area contributed by atoms with Crippen LogP contribution in [0.5, 0.6) is 0 Å². The van der Waals surface area contributed by atoms with Crippen molar-refractivity contribution in [2.24, 2.45) is 0 Å². The number of nitro benzene ring substituents is 1. The molecular formula is C13H18N2O5S. The number of hydrogen-bond donors (Lipinski definition) is 1. The normalized spacial score (nSPS) is 19.4. The van der Waals surface area contributed by atoms with Gasteiger partial charge in [-0.15, -0.1) is 0 Å². The minimum absolute atomic E-state index is 0.0784. The summed E-state index contributed by atoms with van der Waals surface area (Å²) in [7, 11) is -3.69. The predicted molar refractivity (Wildman–Crippen MR) is 76.5 cm³/mol. The lowest BCUT2D eigenvalue weighted by Gasteiger charge is -2.35. The zero-order chi connectivity index (χ0) is 15.8. The lowest BCUT2D eigenvalue weighted by atomic mass is 9.95. The van der Waals surface area contributed by atoms with E-state index >= 15 is 0 Å². The highest BCUT2D eigenvalue weighted by atomic mass is 32.2. The SMILES string of the molecule is Cc1cc([N+](=O)[O-])ccc1S(=O)(=O)N1CCC(C)(O)CC1. The smallest absolute Gasteiger partial charge is 0.269 e. The van der Waals surface area contributed by atoms with E-state index in [-0.39, 0.29) is 23.7 Å². The number of nitro groups is 1. The van der Waals surface area contributed by atoms with Crippen molar-refractivity contribution in [1.82, 2.24) is 4.31 Å². The van der Waals surface area contributed by atoms with Gasteiger partial charge < -0.3 is 5.11 Å². The summed E-state index contributed by atoms with van der Waals surface area (Å²) < 4.78 is 26.5. The fourth-order valence-corrected chi connectivity index (χ4v) is 4.03. The molecule has 7 nitrogen and oxygen atoms in total. The van der Waals surface area contributed by atoms with Gasteiger partial charge in [-0.1, -0.05) is 0 Å². The van der Waals surface area contributed by atoms with Crippen molar-refractivity contribution in [3.05, 3.63) is 33.9 Å². The molecule has 0 radical (unpaired) electrons. The van der Waals surface area contributed by atoms with Gasteiger partial charge in [-0.2, -0.15) is 4.31 Å². The largest absolute Gasteiger partial charge is 0.390 e. The van der Waals surface area contributed by atoms with E-state index in [1.54, 1.807) is 13.8 Å². The van der Waals surface area contributed by atoms with Crippen LogP contribution in [0, 0.1) is 17.0 Å². The van der Waals surface area contributed by atoms with Crippen molar-refractivity contribution in [2.45, 2.75) is 37.2 Å². The highest BCUT2D eigenvalue weighted by molar-refractivity contribution is 7.89. The number of piperidine rings is 1. The van der Waals surface area contributed by atoms with Gasteiger partial charge in [0.1, 0.15) is 0 Å². The zero-order valence-corrected chi connectivity index (χ0v) is 12.8. The lowest BCUT2D eigenvalue weighted by molar-refractivity contribution is -0.385. The summed E-state index contributed by atoms with van der Waals surface area (Å²) in [5.41, 5.74) is -0.620. The second-order valence-electron chi connectivity index (χ2n) is 5.61. The number of nitrogens with zero attached hydrogens (tertiary/aromatic N) is 2. The topological polar surface area (TPSA) is 101 Å². The third-order valence-corrected chi connectivity index (χ3v) is 5.85. The van der Waals surface area contributed by atoms with Crippen LogP contribution in [0.25, 0.3) is 0 Å². The standard InChI is InChI=1S/C13H18N2O5S/c1-10-9-11(15(17)18)3-4-12(10)21(19,20)14-7-5-13(2,16)6-8-14/h3-4,9,16H,5-8H2,1-2H3. The van der Waals surface area contributed by atoms with Gasteiger partial charge in [0.2, 0.25) is 10.0 Å². The van der Waals surface area contributed by atoms with Crippen LogP contribution in [0.1, 0.15) is 25.3 Å². The number of aliphatic hydroxyl groups is 1. The molecule has 0 aromatic heterocycles. The monoisotopic (exact) mass is 314 g/mol. The Bertz CT molecular complexity index is 659. The average Bonchev–Trinajstić information content (AvgIpc) is 2.37. The van der Waals surface area contributed by atoms with Crippen molar-refractivity contribution in [2.75, 3.05) is 13.1 Å². The maximum atomic E-state index is 12.6. The molecule has 1 aromatic carbocycles. The summed E-state index contributed by atoms with van der Waals surface area (Å²) >= 11 is 0. The molecule has 1 aliphatic rings. The van der Waals surface area contributed by atoms with Gasteiger partial charge in [-0.25, -0.2) is 8.42 Å². The maximum Gasteiger partial charge on any atom is 0.269 e. The molecule has 0 saturated carbocycles. The molecule has 1 N–H and O–H groups in total. The molecule has 8 heteroatoms. The first kappa shape index (κ1) is 15.9. The second-order valence-corrected chi connectivity index (χ2v) is 7.51. The minimum atomic E-state index is -3.69. The van der Waals surface area contributed by atoms with Gasteiger partial charge in [0.05, 0.1) is 15.4 Å². The first-order valence-corrected chi connectivity index (χ1v) is 8.05. The van der Waals surface area contributed by atoms with Crippen molar-refractivity contribution < 1.29 is 18.4 Å². The van der Waals surface area contributed by atoms with Crippen molar-refractivity contribution in [3.8, 4) is 0 Å². The van der Waals surface area contributed by atoms with E-state index < -0.39 is 20.5 Å². The molecule has 116 valence electrons. The number of sulfonamides is 1. The van der Waals surface area contributed by atoms with Crippen LogP contribution < -0.4 is 0 Å². The molecule has 1 fully saturated rings. The van der Waals surface area contributed by atoms with Crippen LogP contribution in [-0.2, 0) is 10.0 Å². The molecule has 1 saturated heterocycles. The summed E-state index contributed by atoms with van der Waals surface area (Å²) in [5, 5.41) is 20.6. The molecule has 0 amide bonds. The number of hydrogen-bond acceptors (Lipinski definition) is 5. The lowest BCUT2D eigenvalue weighted by Crippen LogP contribution is -2.45. The number of aryl methyl sites for hydroxylation is 1. The fourth-order valence-electron chi connectivity index (χ4n) is 2.38. The van der Waals surface area contributed by atoms with Crippen LogP contribution in [0.4, 0.5) is 5.69 Å². The van der Waals surface area contributed by atoms with Gasteiger partial charge in [-0.3, -0.25) is 10.1 Å². The van der Waals surface area contributed by atoms with Crippen LogP contribution in [0.15, 0.2) is 23.1 Å². The molecule has 1 aromatic rings. The first-order valence-electron chi connectivity index (χ1n) is 6.61. The molecule has 0 bridgehead atoms. The van der Waals surface area contributed by atoms with Crippen LogP contribution in [-0.4, -0.2) is 41.4 Å². The van der Waals surface area contributed by atoms with Crippen LogP contribution in [0.2, 0.25) is 0 Å².